The lowest BCUT2D eigenvalue weighted by Crippen LogP contribution is -2.45. The number of alkyl halides is 3. The first kappa shape index (κ1) is 17.1. The van der Waals surface area contributed by atoms with Crippen molar-refractivity contribution in [2.24, 2.45) is 0 Å². The summed E-state index contributed by atoms with van der Waals surface area (Å²) in [4.78, 5) is 1.85. The molecule has 0 amide bonds. The summed E-state index contributed by atoms with van der Waals surface area (Å²) in [7, 11) is -3.24. The van der Waals surface area contributed by atoms with E-state index in [4.69, 9.17) is 0 Å². The lowest BCUT2D eigenvalue weighted by Gasteiger charge is -2.34. The van der Waals surface area contributed by atoms with Gasteiger partial charge in [0.2, 0.25) is 10.0 Å². The smallest absolute Gasteiger partial charge is 0.371 e. The van der Waals surface area contributed by atoms with Crippen molar-refractivity contribution in [1.29, 1.82) is 0 Å². The Morgan fingerprint density at radius 1 is 1.27 bits per heavy atom. The molecule has 0 bridgehead atoms. The minimum atomic E-state index is -4.36. The number of nitrogens with one attached hydrogen (secondary N) is 1. The molecule has 22 heavy (non-hydrogen) atoms. The molecule has 0 unspecified atom stereocenters. The molecule has 1 fully saturated rings. The fourth-order valence-corrected chi connectivity index (χ4v) is 3.38. The molecule has 8 heteroatoms. The van der Waals surface area contributed by atoms with Crippen molar-refractivity contribution in [1.82, 2.24) is 4.72 Å². The number of nitrogens with zero attached hydrogens (tertiary/aromatic N) is 1. The third-order valence-corrected chi connectivity index (χ3v) is 5.21. The molecule has 0 aliphatic carbocycles. The Bertz CT molecular complexity index is 609. The van der Waals surface area contributed by atoms with Crippen LogP contribution in [0.1, 0.15) is 25.3 Å². The highest BCUT2D eigenvalue weighted by molar-refractivity contribution is 7.89. The monoisotopic (exact) mass is 336 g/mol. The van der Waals surface area contributed by atoms with E-state index in [2.05, 4.69) is 4.72 Å². The van der Waals surface area contributed by atoms with Crippen molar-refractivity contribution in [3.63, 3.8) is 0 Å². The van der Waals surface area contributed by atoms with E-state index >= 15 is 0 Å². The molecule has 124 valence electrons. The Morgan fingerprint density at radius 3 is 2.45 bits per heavy atom. The SMILES string of the molecule is CCS(=O)(=O)NC1CCN(c2cccc(C(F)(F)F)c2)CC1. The predicted molar refractivity (Wildman–Crippen MR) is 79.3 cm³/mol. The van der Waals surface area contributed by atoms with E-state index in [1.807, 2.05) is 4.90 Å². The minimum absolute atomic E-state index is 0.0286. The first-order valence-corrected chi connectivity index (χ1v) is 8.79. The molecule has 1 heterocycles. The molecule has 0 atom stereocenters. The zero-order valence-corrected chi connectivity index (χ0v) is 13.0. The van der Waals surface area contributed by atoms with E-state index in [0.29, 0.717) is 31.6 Å². The Hall–Kier alpha value is -1.28. The van der Waals surface area contributed by atoms with Gasteiger partial charge in [0.25, 0.3) is 0 Å². The van der Waals surface area contributed by atoms with E-state index < -0.39 is 21.8 Å². The summed E-state index contributed by atoms with van der Waals surface area (Å²) < 4.78 is 63.8. The van der Waals surface area contributed by atoms with Crippen LogP contribution in [0.15, 0.2) is 24.3 Å². The van der Waals surface area contributed by atoms with Crippen molar-refractivity contribution >= 4 is 15.7 Å². The Morgan fingerprint density at radius 2 is 1.91 bits per heavy atom. The molecule has 1 aliphatic rings. The predicted octanol–water partition coefficient (Wildman–Crippen LogP) is 2.61. The van der Waals surface area contributed by atoms with E-state index in [1.54, 1.807) is 13.0 Å². The van der Waals surface area contributed by atoms with Gasteiger partial charge in [-0.05, 0) is 38.0 Å². The van der Waals surface area contributed by atoms with Gasteiger partial charge in [-0.3, -0.25) is 0 Å². The highest BCUT2D eigenvalue weighted by Gasteiger charge is 2.31. The number of sulfonamides is 1. The van der Waals surface area contributed by atoms with E-state index in [1.165, 1.54) is 6.07 Å². The normalized spacial score (nSPS) is 17.7. The second kappa shape index (κ2) is 6.45. The van der Waals surface area contributed by atoms with E-state index in [9.17, 15) is 21.6 Å². The van der Waals surface area contributed by atoms with Crippen LogP contribution in [0.5, 0.6) is 0 Å². The van der Waals surface area contributed by atoms with Crippen LogP contribution in [0.25, 0.3) is 0 Å². The second-order valence-electron chi connectivity index (χ2n) is 5.33. The molecule has 1 N–H and O–H groups in total. The number of rotatable bonds is 4. The molecule has 1 aliphatic heterocycles. The summed E-state index contributed by atoms with van der Waals surface area (Å²) in [6.07, 6.45) is -3.20. The standard InChI is InChI=1S/C14H19F3N2O2S/c1-2-22(20,21)18-12-6-8-19(9-7-12)13-5-3-4-11(10-13)14(15,16)17/h3-5,10,12,18H,2,6-9H2,1H3. The average Bonchev–Trinajstić information content (AvgIpc) is 2.47. The summed E-state index contributed by atoms with van der Waals surface area (Å²) in [5, 5.41) is 0. The third kappa shape index (κ3) is 4.36. The van der Waals surface area contributed by atoms with Crippen LogP contribution < -0.4 is 9.62 Å². The quantitative estimate of drug-likeness (QED) is 0.919. The maximum absolute atomic E-state index is 12.7. The molecule has 1 saturated heterocycles. The third-order valence-electron chi connectivity index (χ3n) is 3.76. The zero-order valence-electron chi connectivity index (χ0n) is 12.2. The Labute approximate surface area is 128 Å². The lowest BCUT2D eigenvalue weighted by atomic mass is 10.0. The lowest BCUT2D eigenvalue weighted by molar-refractivity contribution is -0.137. The van der Waals surface area contributed by atoms with E-state index in [0.717, 1.165) is 12.1 Å². The van der Waals surface area contributed by atoms with Gasteiger partial charge in [0.1, 0.15) is 0 Å². The second-order valence-corrected chi connectivity index (χ2v) is 7.37. The van der Waals surface area contributed by atoms with Crippen molar-refractivity contribution in [3.05, 3.63) is 29.8 Å². The van der Waals surface area contributed by atoms with Gasteiger partial charge in [0, 0.05) is 24.8 Å². The summed E-state index contributed by atoms with van der Waals surface area (Å²) in [5.41, 5.74) is -0.148. The number of benzene rings is 1. The molecule has 1 aromatic carbocycles. The van der Waals surface area contributed by atoms with Crippen molar-refractivity contribution in [2.75, 3.05) is 23.7 Å². The Kier molecular flexibility index (Phi) is 5.01. The average molecular weight is 336 g/mol. The van der Waals surface area contributed by atoms with Gasteiger partial charge in [-0.25, -0.2) is 13.1 Å². The van der Waals surface area contributed by atoms with Crippen molar-refractivity contribution < 1.29 is 21.6 Å². The van der Waals surface area contributed by atoms with Crippen molar-refractivity contribution in [3.8, 4) is 0 Å². The number of halogens is 3. The maximum Gasteiger partial charge on any atom is 0.416 e. The van der Waals surface area contributed by atoms with Crippen LogP contribution in [-0.2, 0) is 16.2 Å². The number of piperidine rings is 1. The number of hydrogen-bond donors (Lipinski definition) is 1. The highest BCUT2D eigenvalue weighted by atomic mass is 32.2. The minimum Gasteiger partial charge on any atom is -0.371 e. The summed E-state index contributed by atoms with van der Waals surface area (Å²) in [6.45, 7) is 2.62. The molecular formula is C14H19F3N2O2S. The van der Waals surface area contributed by atoms with Crippen LogP contribution in [0.4, 0.5) is 18.9 Å². The topological polar surface area (TPSA) is 49.4 Å². The Balaban J connectivity index is 2.00. The molecule has 0 aromatic heterocycles. The maximum atomic E-state index is 12.7. The molecule has 1 aromatic rings. The molecule has 2 rings (SSSR count). The fraction of sp³-hybridized carbons (Fsp3) is 0.571. The van der Waals surface area contributed by atoms with Gasteiger partial charge in [0.15, 0.2) is 0 Å². The summed E-state index contributed by atoms with van der Waals surface area (Å²) in [5.74, 6) is 0.0286. The largest absolute Gasteiger partial charge is 0.416 e. The van der Waals surface area contributed by atoms with Crippen LogP contribution >= 0.6 is 0 Å². The number of anilines is 1. The molecule has 4 nitrogen and oxygen atoms in total. The fourth-order valence-electron chi connectivity index (χ4n) is 2.47. The van der Waals surface area contributed by atoms with Crippen molar-refractivity contribution in [2.45, 2.75) is 32.0 Å². The molecule has 0 spiro atoms. The zero-order chi connectivity index (χ0) is 16.4. The molecule has 0 radical (unpaired) electrons. The molecule has 0 saturated carbocycles. The van der Waals surface area contributed by atoms with Crippen LogP contribution in [0.2, 0.25) is 0 Å². The van der Waals surface area contributed by atoms with Gasteiger partial charge >= 0.3 is 6.18 Å². The first-order valence-electron chi connectivity index (χ1n) is 7.13. The van der Waals surface area contributed by atoms with Gasteiger partial charge in [-0.2, -0.15) is 13.2 Å². The van der Waals surface area contributed by atoms with Crippen LogP contribution in [0.3, 0.4) is 0 Å². The summed E-state index contributed by atoms with van der Waals surface area (Å²) in [6, 6.07) is 5.07. The van der Waals surface area contributed by atoms with Gasteiger partial charge in [0.05, 0.1) is 11.3 Å². The van der Waals surface area contributed by atoms with Gasteiger partial charge in [-0.15, -0.1) is 0 Å². The van der Waals surface area contributed by atoms with Crippen LogP contribution in [0, 0.1) is 0 Å². The number of hydrogen-bond acceptors (Lipinski definition) is 3. The summed E-state index contributed by atoms with van der Waals surface area (Å²) >= 11 is 0. The van der Waals surface area contributed by atoms with E-state index in [-0.39, 0.29) is 11.8 Å². The van der Waals surface area contributed by atoms with Gasteiger partial charge in [-0.1, -0.05) is 6.07 Å². The highest BCUT2D eigenvalue weighted by Crippen LogP contribution is 2.32. The molecular weight excluding hydrogens is 317 g/mol. The first-order chi connectivity index (χ1) is 10.2. The van der Waals surface area contributed by atoms with Gasteiger partial charge < -0.3 is 4.90 Å². The van der Waals surface area contributed by atoms with Crippen LogP contribution in [-0.4, -0.2) is 33.3 Å².